The molecule has 27 heavy (non-hydrogen) atoms. The Morgan fingerprint density at radius 1 is 1.04 bits per heavy atom. The smallest absolute Gasteiger partial charge is 0.291 e. The lowest BCUT2D eigenvalue weighted by atomic mass is 10.2. The molecule has 0 spiro atoms. The number of halogens is 1. The van der Waals surface area contributed by atoms with Crippen molar-refractivity contribution in [1.82, 2.24) is 0 Å². The van der Waals surface area contributed by atoms with Crippen LogP contribution in [0.3, 0.4) is 0 Å². The van der Waals surface area contributed by atoms with Crippen molar-refractivity contribution in [1.29, 1.82) is 0 Å². The molecule has 1 amide bonds. The molecule has 1 heterocycles. The monoisotopic (exact) mass is 401 g/mol. The van der Waals surface area contributed by atoms with E-state index in [0.717, 1.165) is 5.69 Å². The van der Waals surface area contributed by atoms with Crippen molar-refractivity contribution >= 4 is 51.9 Å². The van der Waals surface area contributed by atoms with Crippen molar-refractivity contribution in [3.63, 3.8) is 0 Å². The molecule has 0 bridgehead atoms. The fourth-order valence-electron chi connectivity index (χ4n) is 2.30. The van der Waals surface area contributed by atoms with Gasteiger partial charge in [-0.2, -0.15) is 0 Å². The number of furan rings is 1. The zero-order chi connectivity index (χ0) is 19.2. The summed E-state index contributed by atoms with van der Waals surface area (Å²) < 4.78 is 10.3. The Balaban J connectivity index is 1.60. The summed E-state index contributed by atoms with van der Waals surface area (Å²) in [4.78, 5) is 12.0. The Bertz CT molecular complexity index is 943. The minimum absolute atomic E-state index is 0.248. The fourth-order valence-corrected chi connectivity index (χ4v) is 2.70. The first kappa shape index (κ1) is 18.8. The summed E-state index contributed by atoms with van der Waals surface area (Å²) in [5.41, 5.74) is 2.05. The van der Waals surface area contributed by atoms with Crippen LogP contribution in [-0.4, -0.2) is 18.1 Å². The number of thiocarbonyl (C=S) groups is 1. The summed E-state index contributed by atoms with van der Waals surface area (Å²) >= 11 is 11.3. The zero-order valence-electron chi connectivity index (χ0n) is 14.3. The van der Waals surface area contributed by atoms with Crippen molar-refractivity contribution in [2.75, 3.05) is 23.1 Å². The maximum Gasteiger partial charge on any atom is 0.291 e. The van der Waals surface area contributed by atoms with Gasteiger partial charge in [-0.3, -0.25) is 4.79 Å². The van der Waals surface area contributed by atoms with Gasteiger partial charge in [0, 0.05) is 16.4 Å². The van der Waals surface area contributed by atoms with Crippen molar-refractivity contribution in [2.24, 2.45) is 0 Å². The molecule has 0 saturated carbocycles. The quantitative estimate of drug-likeness (QED) is 0.522. The van der Waals surface area contributed by atoms with Crippen LogP contribution in [0.2, 0.25) is 5.02 Å². The maximum atomic E-state index is 12.0. The standard InChI is InChI=1S/C19H16ClN3O3S/c1-25-16-9-4-12(20)11-15(16)23-19(27)22-14-7-5-13(6-8-14)21-18(24)17-3-2-10-26-17/h2-11H,1H3,(H,21,24)(H2,22,23,27). The summed E-state index contributed by atoms with van der Waals surface area (Å²) in [5, 5.41) is 9.80. The predicted molar refractivity (Wildman–Crippen MR) is 111 cm³/mol. The normalized spacial score (nSPS) is 10.1. The van der Waals surface area contributed by atoms with Crippen LogP contribution in [0, 0.1) is 0 Å². The molecular weight excluding hydrogens is 386 g/mol. The summed E-state index contributed by atoms with van der Waals surface area (Å²) in [6.07, 6.45) is 1.45. The molecule has 0 radical (unpaired) electrons. The Kier molecular flexibility index (Phi) is 5.95. The SMILES string of the molecule is COc1ccc(Cl)cc1NC(=S)Nc1ccc(NC(=O)c2ccco2)cc1. The molecule has 0 aliphatic heterocycles. The molecule has 3 aromatic rings. The number of hydrogen-bond acceptors (Lipinski definition) is 4. The zero-order valence-corrected chi connectivity index (χ0v) is 15.9. The van der Waals surface area contributed by atoms with Gasteiger partial charge in [0.05, 0.1) is 19.1 Å². The lowest BCUT2D eigenvalue weighted by molar-refractivity contribution is 0.0996. The minimum Gasteiger partial charge on any atom is -0.495 e. The Morgan fingerprint density at radius 3 is 2.37 bits per heavy atom. The first-order valence-electron chi connectivity index (χ1n) is 7.91. The highest BCUT2D eigenvalue weighted by molar-refractivity contribution is 7.80. The molecule has 0 aliphatic carbocycles. The van der Waals surface area contributed by atoms with E-state index in [2.05, 4.69) is 16.0 Å². The average Bonchev–Trinajstić information content (AvgIpc) is 3.18. The summed E-state index contributed by atoms with van der Waals surface area (Å²) in [6, 6.07) is 15.6. The van der Waals surface area contributed by atoms with Crippen LogP contribution in [0.5, 0.6) is 5.75 Å². The molecule has 2 aromatic carbocycles. The van der Waals surface area contributed by atoms with Gasteiger partial charge in [0.25, 0.3) is 5.91 Å². The Labute approximate surface area is 166 Å². The van der Waals surface area contributed by atoms with E-state index in [0.29, 0.717) is 27.3 Å². The number of amides is 1. The lowest BCUT2D eigenvalue weighted by Gasteiger charge is -2.14. The van der Waals surface area contributed by atoms with Gasteiger partial charge in [-0.05, 0) is 66.8 Å². The van der Waals surface area contributed by atoms with Gasteiger partial charge in [-0.15, -0.1) is 0 Å². The average molecular weight is 402 g/mol. The van der Waals surface area contributed by atoms with E-state index < -0.39 is 0 Å². The third-order valence-electron chi connectivity index (χ3n) is 3.56. The number of hydrogen-bond donors (Lipinski definition) is 3. The van der Waals surface area contributed by atoms with E-state index in [9.17, 15) is 4.79 Å². The minimum atomic E-state index is -0.314. The summed E-state index contributed by atoms with van der Waals surface area (Å²) in [7, 11) is 1.57. The van der Waals surface area contributed by atoms with Crippen LogP contribution >= 0.6 is 23.8 Å². The number of ether oxygens (including phenoxy) is 1. The number of rotatable bonds is 5. The third kappa shape index (κ3) is 4.99. The molecule has 0 aliphatic rings. The third-order valence-corrected chi connectivity index (χ3v) is 3.99. The van der Waals surface area contributed by atoms with E-state index >= 15 is 0 Å². The number of anilines is 3. The van der Waals surface area contributed by atoms with Gasteiger partial charge in [-0.25, -0.2) is 0 Å². The highest BCUT2D eigenvalue weighted by Gasteiger charge is 2.09. The summed E-state index contributed by atoms with van der Waals surface area (Å²) in [5.74, 6) is 0.559. The van der Waals surface area contributed by atoms with E-state index in [1.807, 2.05) is 0 Å². The van der Waals surface area contributed by atoms with Crippen LogP contribution in [-0.2, 0) is 0 Å². The molecule has 6 nitrogen and oxygen atoms in total. The second-order valence-corrected chi connectivity index (χ2v) is 6.28. The van der Waals surface area contributed by atoms with Crippen LogP contribution < -0.4 is 20.7 Å². The first-order valence-corrected chi connectivity index (χ1v) is 8.70. The number of methoxy groups -OCH3 is 1. The number of carbonyl (C=O) groups is 1. The van der Waals surface area contributed by atoms with Crippen molar-refractivity contribution < 1.29 is 13.9 Å². The molecule has 1 aromatic heterocycles. The molecule has 138 valence electrons. The summed E-state index contributed by atoms with van der Waals surface area (Å²) in [6.45, 7) is 0. The van der Waals surface area contributed by atoms with Crippen LogP contribution in [0.15, 0.2) is 65.3 Å². The molecule has 0 saturated heterocycles. The molecule has 8 heteroatoms. The van der Waals surface area contributed by atoms with Crippen molar-refractivity contribution in [2.45, 2.75) is 0 Å². The van der Waals surface area contributed by atoms with Gasteiger partial charge in [0.1, 0.15) is 5.75 Å². The van der Waals surface area contributed by atoms with Gasteiger partial charge in [0.2, 0.25) is 0 Å². The Hall–Kier alpha value is -3.03. The second-order valence-electron chi connectivity index (χ2n) is 5.43. The second kappa shape index (κ2) is 8.57. The van der Waals surface area contributed by atoms with Crippen molar-refractivity contribution in [3.05, 3.63) is 71.6 Å². The van der Waals surface area contributed by atoms with Gasteiger partial charge in [0.15, 0.2) is 10.9 Å². The Morgan fingerprint density at radius 2 is 1.74 bits per heavy atom. The topological polar surface area (TPSA) is 75.5 Å². The first-order chi connectivity index (χ1) is 13.0. The number of benzene rings is 2. The lowest BCUT2D eigenvalue weighted by Crippen LogP contribution is -2.19. The van der Waals surface area contributed by atoms with E-state index in [1.165, 1.54) is 6.26 Å². The van der Waals surface area contributed by atoms with Gasteiger partial charge >= 0.3 is 0 Å². The van der Waals surface area contributed by atoms with Crippen LogP contribution in [0.4, 0.5) is 17.1 Å². The largest absolute Gasteiger partial charge is 0.495 e. The maximum absolute atomic E-state index is 12.0. The molecule has 0 atom stereocenters. The highest BCUT2D eigenvalue weighted by Crippen LogP contribution is 2.27. The van der Waals surface area contributed by atoms with E-state index in [1.54, 1.807) is 61.7 Å². The molecule has 0 unspecified atom stereocenters. The molecule has 3 N–H and O–H groups in total. The fraction of sp³-hybridized carbons (Fsp3) is 0.0526. The van der Waals surface area contributed by atoms with Crippen molar-refractivity contribution in [3.8, 4) is 5.75 Å². The molecule has 3 rings (SSSR count). The number of carbonyl (C=O) groups excluding carboxylic acids is 1. The highest BCUT2D eigenvalue weighted by atomic mass is 35.5. The number of nitrogens with one attached hydrogen (secondary N) is 3. The van der Waals surface area contributed by atoms with Gasteiger partial charge < -0.3 is 25.1 Å². The molecule has 0 fully saturated rings. The van der Waals surface area contributed by atoms with E-state index in [4.69, 9.17) is 33.0 Å². The molecular formula is C19H16ClN3O3S. The van der Waals surface area contributed by atoms with Crippen LogP contribution in [0.25, 0.3) is 0 Å². The van der Waals surface area contributed by atoms with Gasteiger partial charge in [-0.1, -0.05) is 11.6 Å². The van der Waals surface area contributed by atoms with E-state index in [-0.39, 0.29) is 11.7 Å². The van der Waals surface area contributed by atoms with Crippen LogP contribution in [0.1, 0.15) is 10.6 Å². The predicted octanol–water partition coefficient (Wildman–Crippen LogP) is 5.00.